The van der Waals surface area contributed by atoms with E-state index in [1.165, 1.54) is 23.8 Å². The zero-order chi connectivity index (χ0) is 22.2. The van der Waals surface area contributed by atoms with Gasteiger partial charge in [-0.25, -0.2) is 4.39 Å². The molecular formula is C26H27FN4O. The number of para-hydroxylation sites is 2. The molecule has 1 amide bonds. The number of anilines is 2. The number of amides is 1. The van der Waals surface area contributed by atoms with Gasteiger partial charge in [-0.05, 0) is 60.0 Å². The second-order valence-electron chi connectivity index (χ2n) is 7.83. The predicted molar refractivity (Wildman–Crippen MR) is 127 cm³/mol. The number of aromatic nitrogens is 1. The maximum Gasteiger partial charge on any atom is 0.248 e. The highest BCUT2D eigenvalue weighted by Gasteiger charge is 2.19. The molecule has 5 nitrogen and oxygen atoms in total. The quantitative estimate of drug-likeness (QED) is 0.570. The van der Waals surface area contributed by atoms with E-state index in [2.05, 4.69) is 32.2 Å². The lowest BCUT2D eigenvalue weighted by Crippen LogP contribution is -2.47. The van der Waals surface area contributed by atoms with E-state index in [9.17, 15) is 9.18 Å². The van der Waals surface area contributed by atoms with Crippen LogP contribution in [0.2, 0.25) is 0 Å². The van der Waals surface area contributed by atoms with Crippen LogP contribution in [0.25, 0.3) is 6.08 Å². The molecule has 3 aromatic rings. The topological polar surface area (TPSA) is 48.5 Å². The van der Waals surface area contributed by atoms with Crippen molar-refractivity contribution in [3.8, 4) is 0 Å². The monoisotopic (exact) mass is 430 g/mol. The molecule has 1 N–H and O–H groups in total. The van der Waals surface area contributed by atoms with Crippen LogP contribution in [0.1, 0.15) is 11.1 Å². The number of rotatable bonds is 7. The third kappa shape index (κ3) is 6.02. The van der Waals surface area contributed by atoms with Crippen LogP contribution in [0.3, 0.4) is 0 Å². The van der Waals surface area contributed by atoms with Crippen molar-refractivity contribution in [3.05, 3.63) is 96.1 Å². The highest BCUT2D eigenvalue weighted by Crippen LogP contribution is 2.26. The molecule has 32 heavy (non-hydrogen) atoms. The smallest absolute Gasteiger partial charge is 0.248 e. The molecule has 2 heterocycles. The highest BCUT2D eigenvalue weighted by atomic mass is 19.1. The average molecular weight is 431 g/mol. The van der Waals surface area contributed by atoms with Crippen molar-refractivity contribution in [1.29, 1.82) is 0 Å². The van der Waals surface area contributed by atoms with Gasteiger partial charge in [-0.3, -0.25) is 14.7 Å². The van der Waals surface area contributed by atoms with E-state index in [0.29, 0.717) is 5.56 Å². The maximum atomic E-state index is 13.3. The Hall–Kier alpha value is -3.51. The van der Waals surface area contributed by atoms with E-state index >= 15 is 0 Å². The molecule has 0 aliphatic carbocycles. The van der Waals surface area contributed by atoms with Crippen LogP contribution in [-0.4, -0.2) is 48.5 Å². The number of hydrogen-bond donors (Lipinski definition) is 1. The number of piperazine rings is 1. The van der Waals surface area contributed by atoms with Crippen LogP contribution < -0.4 is 10.2 Å². The van der Waals surface area contributed by atoms with E-state index in [4.69, 9.17) is 0 Å². The normalized spacial score (nSPS) is 14.6. The molecule has 1 aliphatic rings. The molecule has 1 saturated heterocycles. The summed E-state index contributed by atoms with van der Waals surface area (Å²) in [6.07, 6.45) is 7.75. The van der Waals surface area contributed by atoms with Gasteiger partial charge in [0.05, 0.1) is 11.4 Å². The number of nitrogens with one attached hydrogen (secondary N) is 1. The highest BCUT2D eigenvalue weighted by molar-refractivity contribution is 6.03. The Kier molecular flexibility index (Phi) is 7.25. The third-order valence-electron chi connectivity index (χ3n) is 5.62. The molecule has 1 aliphatic heterocycles. The molecule has 6 heteroatoms. The summed E-state index contributed by atoms with van der Waals surface area (Å²) < 4.78 is 13.3. The molecule has 0 unspecified atom stereocenters. The van der Waals surface area contributed by atoms with Crippen molar-refractivity contribution in [3.63, 3.8) is 0 Å². The van der Waals surface area contributed by atoms with Crippen LogP contribution >= 0.6 is 0 Å². The van der Waals surface area contributed by atoms with Crippen molar-refractivity contribution in [2.45, 2.75) is 6.42 Å². The molecule has 1 fully saturated rings. The van der Waals surface area contributed by atoms with Crippen molar-refractivity contribution in [2.75, 3.05) is 42.9 Å². The van der Waals surface area contributed by atoms with Crippen LogP contribution in [0.15, 0.2) is 79.1 Å². The first-order chi connectivity index (χ1) is 15.7. The summed E-state index contributed by atoms with van der Waals surface area (Å²) in [7, 11) is 0. The van der Waals surface area contributed by atoms with Gasteiger partial charge in [0.15, 0.2) is 0 Å². The Bertz CT molecular complexity index is 1060. The first-order valence-electron chi connectivity index (χ1n) is 10.9. The summed E-state index contributed by atoms with van der Waals surface area (Å²) in [5.41, 5.74) is 3.76. The molecule has 4 rings (SSSR count). The van der Waals surface area contributed by atoms with E-state index in [0.717, 1.165) is 50.5 Å². The minimum atomic E-state index is -0.321. The molecule has 1 aromatic heterocycles. The van der Waals surface area contributed by atoms with Gasteiger partial charge < -0.3 is 10.2 Å². The molecule has 0 bridgehead atoms. The largest absolute Gasteiger partial charge is 0.367 e. The molecule has 0 atom stereocenters. The van der Waals surface area contributed by atoms with Gasteiger partial charge in [0.2, 0.25) is 5.91 Å². The minimum absolute atomic E-state index is 0.238. The fourth-order valence-electron chi connectivity index (χ4n) is 3.86. The summed E-state index contributed by atoms with van der Waals surface area (Å²) in [6, 6.07) is 18.2. The number of halogens is 1. The Morgan fingerprint density at radius 3 is 2.56 bits per heavy atom. The van der Waals surface area contributed by atoms with Gasteiger partial charge in [0, 0.05) is 51.2 Å². The molecule has 0 spiro atoms. The van der Waals surface area contributed by atoms with Crippen LogP contribution in [-0.2, 0) is 11.2 Å². The second-order valence-corrected chi connectivity index (χ2v) is 7.83. The SMILES string of the molecule is O=C(/C=C/c1cccc(F)c1)Nc1ccccc1N1CCN(CCc2ccncc2)CC1. The van der Waals surface area contributed by atoms with Gasteiger partial charge in [0.25, 0.3) is 0 Å². The second kappa shape index (κ2) is 10.7. The number of carbonyl (C=O) groups is 1. The molecule has 0 radical (unpaired) electrons. The lowest BCUT2D eigenvalue weighted by molar-refractivity contribution is -0.111. The number of carbonyl (C=O) groups excluding carboxylic acids is 1. The van der Waals surface area contributed by atoms with Gasteiger partial charge in [-0.1, -0.05) is 24.3 Å². The van der Waals surface area contributed by atoms with Gasteiger partial charge in [0.1, 0.15) is 5.82 Å². The van der Waals surface area contributed by atoms with Crippen LogP contribution in [0, 0.1) is 5.82 Å². The van der Waals surface area contributed by atoms with E-state index in [-0.39, 0.29) is 11.7 Å². The summed E-state index contributed by atoms with van der Waals surface area (Å²) in [6.45, 7) is 4.80. The fraction of sp³-hybridized carbons (Fsp3) is 0.231. The summed E-state index contributed by atoms with van der Waals surface area (Å²) in [4.78, 5) is 21.3. The standard InChI is InChI=1S/C26H27FN4O/c27-23-5-3-4-22(20-23)8-9-26(32)29-24-6-1-2-7-25(24)31-18-16-30(17-19-31)15-12-21-10-13-28-14-11-21/h1-11,13-14,20H,12,15-19H2,(H,29,32)/b9-8+. The van der Waals surface area contributed by atoms with Crippen molar-refractivity contribution in [1.82, 2.24) is 9.88 Å². The van der Waals surface area contributed by atoms with Crippen LogP contribution in [0.4, 0.5) is 15.8 Å². The number of pyridine rings is 1. The fourth-order valence-corrected chi connectivity index (χ4v) is 3.86. The Morgan fingerprint density at radius 2 is 1.78 bits per heavy atom. The lowest BCUT2D eigenvalue weighted by atomic mass is 10.1. The number of benzene rings is 2. The van der Waals surface area contributed by atoms with Crippen LogP contribution in [0.5, 0.6) is 0 Å². The Balaban J connectivity index is 1.33. The van der Waals surface area contributed by atoms with E-state index < -0.39 is 0 Å². The third-order valence-corrected chi connectivity index (χ3v) is 5.62. The minimum Gasteiger partial charge on any atom is -0.367 e. The van der Waals surface area contributed by atoms with Gasteiger partial charge in [-0.2, -0.15) is 0 Å². The average Bonchev–Trinajstić information content (AvgIpc) is 2.83. The lowest BCUT2D eigenvalue weighted by Gasteiger charge is -2.37. The number of nitrogens with zero attached hydrogens (tertiary/aromatic N) is 3. The first-order valence-corrected chi connectivity index (χ1v) is 10.9. The first kappa shape index (κ1) is 21.7. The summed E-state index contributed by atoms with van der Waals surface area (Å²) in [5, 5.41) is 2.97. The molecule has 2 aromatic carbocycles. The molecule has 0 saturated carbocycles. The Morgan fingerprint density at radius 1 is 1.00 bits per heavy atom. The van der Waals surface area contributed by atoms with Crippen molar-refractivity contribution < 1.29 is 9.18 Å². The van der Waals surface area contributed by atoms with Crippen molar-refractivity contribution >= 4 is 23.4 Å². The Labute approximate surface area is 188 Å². The zero-order valence-electron chi connectivity index (χ0n) is 18.0. The summed E-state index contributed by atoms with van der Waals surface area (Å²) >= 11 is 0. The predicted octanol–water partition coefficient (Wildman–Crippen LogP) is 4.24. The van der Waals surface area contributed by atoms with Gasteiger partial charge in [-0.15, -0.1) is 0 Å². The molecular weight excluding hydrogens is 403 g/mol. The van der Waals surface area contributed by atoms with Gasteiger partial charge >= 0.3 is 0 Å². The van der Waals surface area contributed by atoms with E-state index in [1.54, 1.807) is 18.2 Å². The van der Waals surface area contributed by atoms with Crippen molar-refractivity contribution in [2.24, 2.45) is 0 Å². The zero-order valence-corrected chi connectivity index (χ0v) is 18.0. The number of hydrogen-bond acceptors (Lipinski definition) is 4. The maximum absolute atomic E-state index is 13.3. The van der Waals surface area contributed by atoms with E-state index in [1.807, 2.05) is 36.7 Å². The molecule has 164 valence electrons. The summed E-state index contributed by atoms with van der Waals surface area (Å²) in [5.74, 6) is -0.560.